The largest absolute Gasteiger partial charge is 0.493 e. The molecule has 9 heteroatoms. The van der Waals surface area contributed by atoms with Crippen molar-refractivity contribution < 1.29 is 28.5 Å². The van der Waals surface area contributed by atoms with Gasteiger partial charge in [-0.1, -0.05) is 58.4 Å². The molecule has 0 aliphatic rings. The first-order valence-corrected chi connectivity index (χ1v) is 13.1. The van der Waals surface area contributed by atoms with Crippen LogP contribution >= 0.6 is 15.9 Å². The van der Waals surface area contributed by atoms with E-state index in [1.54, 1.807) is 37.3 Å². The number of methoxy groups -OCH3 is 2. The van der Waals surface area contributed by atoms with Gasteiger partial charge in [-0.3, -0.25) is 4.79 Å². The summed E-state index contributed by atoms with van der Waals surface area (Å²) in [5, 5.41) is 4.04. The summed E-state index contributed by atoms with van der Waals surface area (Å²) in [6, 6.07) is 27.3. The maximum absolute atomic E-state index is 12.8. The standard InChI is InChI=1S/C31H27BrN2O6/c1-20(39-26-13-9-22(10-14-26)21-7-5-4-6-8-21)30(35)34-33-19-24-17-25(32)12-16-27(24)40-31(36)23-11-15-28(37-2)29(18-23)38-3/h4-20H,1-3H3,(H,34,35)/b33-19-/t20-/m0/s1. The zero-order chi connectivity index (χ0) is 28.5. The molecule has 0 bridgehead atoms. The van der Waals surface area contributed by atoms with Gasteiger partial charge in [0, 0.05) is 10.0 Å². The Hall–Kier alpha value is -4.63. The van der Waals surface area contributed by atoms with Gasteiger partial charge in [0.15, 0.2) is 17.6 Å². The third-order valence-electron chi connectivity index (χ3n) is 5.82. The fourth-order valence-electron chi connectivity index (χ4n) is 3.71. The Balaban J connectivity index is 1.38. The molecule has 0 spiro atoms. The summed E-state index contributed by atoms with van der Waals surface area (Å²) in [6.07, 6.45) is 0.589. The SMILES string of the molecule is COc1ccc(C(=O)Oc2ccc(Br)cc2/C=N\NC(=O)[C@H](C)Oc2ccc(-c3ccccc3)cc2)cc1OC. The second kappa shape index (κ2) is 13.4. The Kier molecular flexibility index (Phi) is 9.53. The first kappa shape index (κ1) is 28.4. The number of nitrogens with one attached hydrogen (secondary N) is 1. The molecule has 0 aliphatic carbocycles. The van der Waals surface area contributed by atoms with E-state index in [2.05, 4.69) is 26.5 Å². The predicted molar refractivity (Wildman–Crippen MR) is 156 cm³/mol. The van der Waals surface area contributed by atoms with Gasteiger partial charge in [-0.25, -0.2) is 10.2 Å². The van der Waals surface area contributed by atoms with Crippen molar-refractivity contribution in [2.24, 2.45) is 5.10 Å². The average Bonchev–Trinajstić information content (AvgIpc) is 2.98. The maximum Gasteiger partial charge on any atom is 0.343 e. The highest BCUT2D eigenvalue weighted by Crippen LogP contribution is 2.29. The molecule has 0 fully saturated rings. The van der Waals surface area contributed by atoms with Crippen molar-refractivity contribution in [2.45, 2.75) is 13.0 Å². The molecule has 1 N–H and O–H groups in total. The first-order valence-electron chi connectivity index (χ1n) is 12.3. The molecule has 0 unspecified atom stereocenters. The Labute approximate surface area is 240 Å². The van der Waals surface area contributed by atoms with E-state index >= 15 is 0 Å². The molecule has 0 heterocycles. The zero-order valence-electron chi connectivity index (χ0n) is 22.1. The second-order valence-corrected chi connectivity index (χ2v) is 9.44. The van der Waals surface area contributed by atoms with Crippen LogP contribution in [0, 0.1) is 0 Å². The number of hydrogen-bond donors (Lipinski definition) is 1. The number of nitrogens with zero attached hydrogens (tertiary/aromatic N) is 1. The number of carbonyl (C=O) groups excluding carboxylic acids is 2. The van der Waals surface area contributed by atoms with Crippen molar-refractivity contribution >= 4 is 34.0 Å². The van der Waals surface area contributed by atoms with E-state index in [0.717, 1.165) is 15.6 Å². The van der Waals surface area contributed by atoms with Crippen LogP contribution in [0.15, 0.2) is 101 Å². The molecule has 0 radical (unpaired) electrons. The zero-order valence-corrected chi connectivity index (χ0v) is 23.7. The number of amides is 1. The molecule has 1 amide bonds. The van der Waals surface area contributed by atoms with E-state index in [-0.39, 0.29) is 11.3 Å². The van der Waals surface area contributed by atoms with Crippen LogP contribution < -0.4 is 24.4 Å². The summed E-state index contributed by atoms with van der Waals surface area (Å²) in [5.41, 5.74) is 5.35. The van der Waals surface area contributed by atoms with Crippen molar-refractivity contribution in [2.75, 3.05) is 14.2 Å². The van der Waals surface area contributed by atoms with Crippen molar-refractivity contribution in [1.29, 1.82) is 0 Å². The highest BCUT2D eigenvalue weighted by molar-refractivity contribution is 9.10. The normalized spacial score (nSPS) is 11.5. The highest BCUT2D eigenvalue weighted by Gasteiger charge is 2.16. The Morgan fingerprint density at radius 3 is 2.20 bits per heavy atom. The van der Waals surface area contributed by atoms with E-state index < -0.39 is 18.0 Å². The molecule has 1 atom stereocenters. The number of benzene rings is 4. The van der Waals surface area contributed by atoms with Crippen molar-refractivity contribution in [1.82, 2.24) is 5.43 Å². The topological polar surface area (TPSA) is 95.5 Å². The molecular formula is C31H27BrN2O6. The summed E-state index contributed by atoms with van der Waals surface area (Å²) in [6.45, 7) is 1.63. The van der Waals surface area contributed by atoms with E-state index in [4.69, 9.17) is 18.9 Å². The van der Waals surface area contributed by atoms with Gasteiger partial charge in [-0.15, -0.1) is 0 Å². The van der Waals surface area contributed by atoms with Crippen LogP contribution in [0.2, 0.25) is 0 Å². The number of carbonyl (C=O) groups is 2. The lowest BCUT2D eigenvalue weighted by Crippen LogP contribution is -2.33. The van der Waals surface area contributed by atoms with E-state index in [0.29, 0.717) is 22.8 Å². The highest BCUT2D eigenvalue weighted by atomic mass is 79.9. The van der Waals surface area contributed by atoms with E-state index in [1.165, 1.54) is 26.5 Å². The summed E-state index contributed by atoms with van der Waals surface area (Å²) in [5.74, 6) is 0.672. The minimum atomic E-state index is -0.801. The number of rotatable bonds is 10. The smallest absolute Gasteiger partial charge is 0.343 e. The van der Waals surface area contributed by atoms with Crippen LogP contribution in [-0.4, -0.2) is 38.4 Å². The molecule has 4 aromatic carbocycles. The minimum absolute atomic E-state index is 0.254. The summed E-state index contributed by atoms with van der Waals surface area (Å²) in [4.78, 5) is 25.4. The van der Waals surface area contributed by atoms with E-state index in [9.17, 15) is 9.59 Å². The summed E-state index contributed by atoms with van der Waals surface area (Å²) in [7, 11) is 3.00. The van der Waals surface area contributed by atoms with Crippen LogP contribution in [0.1, 0.15) is 22.8 Å². The molecule has 40 heavy (non-hydrogen) atoms. The van der Waals surface area contributed by atoms with Crippen molar-refractivity contribution in [3.05, 3.63) is 107 Å². The van der Waals surface area contributed by atoms with Gasteiger partial charge in [-0.05, 0) is 66.6 Å². The molecule has 0 aromatic heterocycles. The van der Waals surface area contributed by atoms with Gasteiger partial charge in [-0.2, -0.15) is 5.10 Å². The molecule has 0 saturated carbocycles. The lowest BCUT2D eigenvalue weighted by Gasteiger charge is -2.13. The van der Waals surface area contributed by atoms with Gasteiger partial charge in [0.1, 0.15) is 11.5 Å². The van der Waals surface area contributed by atoms with Gasteiger partial charge in [0.2, 0.25) is 0 Å². The third-order valence-corrected chi connectivity index (χ3v) is 6.31. The van der Waals surface area contributed by atoms with Crippen molar-refractivity contribution in [3.8, 4) is 34.1 Å². The monoisotopic (exact) mass is 602 g/mol. The van der Waals surface area contributed by atoms with E-state index in [1.807, 2.05) is 54.6 Å². The number of ether oxygens (including phenoxy) is 4. The Bertz CT molecular complexity index is 1510. The van der Waals surface area contributed by atoms with Gasteiger partial charge < -0.3 is 18.9 Å². The quantitative estimate of drug-likeness (QED) is 0.0994. The summed E-state index contributed by atoms with van der Waals surface area (Å²) < 4.78 is 22.6. The average molecular weight is 603 g/mol. The summed E-state index contributed by atoms with van der Waals surface area (Å²) >= 11 is 3.40. The Morgan fingerprint density at radius 2 is 1.50 bits per heavy atom. The number of hydrazone groups is 1. The predicted octanol–water partition coefficient (Wildman–Crippen LogP) is 6.27. The molecule has 4 aromatic rings. The van der Waals surface area contributed by atoms with Gasteiger partial charge in [0.25, 0.3) is 5.91 Å². The molecular weight excluding hydrogens is 576 g/mol. The van der Waals surface area contributed by atoms with Crippen molar-refractivity contribution in [3.63, 3.8) is 0 Å². The van der Waals surface area contributed by atoms with Crippen LogP contribution in [-0.2, 0) is 4.79 Å². The van der Waals surface area contributed by atoms with Crippen LogP contribution in [0.3, 0.4) is 0 Å². The Morgan fingerprint density at radius 1 is 0.825 bits per heavy atom. The molecule has 8 nitrogen and oxygen atoms in total. The minimum Gasteiger partial charge on any atom is -0.493 e. The van der Waals surface area contributed by atoms with Crippen LogP contribution in [0.4, 0.5) is 0 Å². The number of halogens is 1. The molecule has 0 aliphatic heterocycles. The van der Waals surface area contributed by atoms with Crippen LogP contribution in [0.25, 0.3) is 11.1 Å². The fourth-order valence-corrected chi connectivity index (χ4v) is 4.08. The first-order chi connectivity index (χ1) is 19.4. The fraction of sp³-hybridized carbons (Fsp3) is 0.129. The number of hydrogen-bond acceptors (Lipinski definition) is 7. The molecule has 0 saturated heterocycles. The second-order valence-electron chi connectivity index (χ2n) is 8.53. The van der Waals surface area contributed by atoms with Gasteiger partial charge in [0.05, 0.1) is 26.0 Å². The lowest BCUT2D eigenvalue weighted by atomic mass is 10.1. The van der Waals surface area contributed by atoms with Crippen LogP contribution in [0.5, 0.6) is 23.0 Å². The molecule has 4 rings (SSSR count). The maximum atomic E-state index is 12.8. The lowest BCUT2D eigenvalue weighted by molar-refractivity contribution is -0.127. The molecule has 204 valence electrons. The number of esters is 1. The third kappa shape index (κ3) is 7.27. The van der Waals surface area contributed by atoms with Gasteiger partial charge >= 0.3 is 5.97 Å².